The number of piperazine rings is 1. The van der Waals surface area contributed by atoms with Crippen molar-refractivity contribution in [3.05, 3.63) is 113 Å². The van der Waals surface area contributed by atoms with Gasteiger partial charge < -0.3 is 30.3 Å². The van der Waals surface area contributed by atoms with Crippen molar-refractivity contribution in [2.24, 2.45) is 5.92 Å². The lowest BCUT2D eigenvalue weighted by atomic mass is 9.87. The summed E-state index contributed by atoms with van der Waals surface area (Å²) in [5.74, 6) is -2.94. The van der Waals surface area contributed by atoms with E-state index in [9.17, 15) is 28.8 Å². The molecule has 0 saturated carbocycles. The number of allylic oxidation sites excluding steroid dienone is 1. The predicted octanol–water partition coefficient (Wildman–Crippen LogP) is 5.50. The largest absolute Gasteiger partial charge is 0.379 e. The molecule has 4 heterocycles. The number of fused-ring (bicyclic) bond motifs is 1. The van der Waals surface area contributed by atoms with Gasteiger partial charge in [-0.3, -0.25) is 43.9 Å². The minimum absolute atomic E-state index is 0.0515. The Balaban J connectivity index is 0.656. The highest BCUT2D eigenvalue weighted by Crippen LogP contribution is 2.39. The lowest BCUT2D eigenvalue weighted by Gasteiger charge is -2.34. The van der Waals surface area contributed by atoms with Gasteiger partial charge in [0.15, 0.2) is 0 Å². The van der Waals surface area contributed by atoms with Gasteiger partial charge in [-0.15, -0.1) is 0 Å². The Labute approximate surface area is 402 Å². The minimum Gasteiger partial charge on any atom is -0.379 e. The first-order valence-electron chi connectivity index (χ1n) is 24.1. The number of benzene rings is 3. The molecule has 69 heavy (non-hydrogen) atoms. The molecule has 4 aliphatic rings. The molecule has 0 bridgehead atoms. The van der Waals surface area contributed by atoms with Crippen LogP contribution >= 0.6 is 0 Å². The van der Waals surface area contributed by atoms with Crippen molar-refractivity contribution < 1.29 is 38.2 Å². The van der Waals surface area contributed by atoms with Crippen LogP contribution in [0, 0.1) is 12.8 Å². The highest BCUT2D eigenvalue weighted by molar-refractivity contribution is 6.18. The molecular weight excluding hydrogens is 879 g/mol. The zero-order valence-corrected chi connectivity index (χ0v) is 39.2. The first-order chi connectivity index (χ1) is 33.6. The summed E-state index contributed by atoms with van der Waals surface area (Å²) >= 11 is 0. The van der Waals surface area contributed by atoms with Crippen molar-refractivity contribution in [3.8, 4) is 11.3 Å². The number of likely N-dealkylation sites (tertiary alicyclic amines) is 1. The second kappa shape index (κ2) is 23.6. The number of imide groups is 2. The monoisotopic (exact) mass is 939 g/mol. The van der Waals surface area contributed by atoms with E-state index in [-0.39, 0.29) is 37.5 Å². The number of hydrogen-bond acceptors (Lipinski definition) is 13. The molecule has 8 rings (SSSR count). The van der Waals surface area contributed by atoms with Gasteiger partial charge in [0, 0.05) is 85.7 Å². The van der Waals surface area contributed by atoms with Crippen LogP contribution in [0.1, 0.15) is 79.3 Å². The SMILES string of the molecule is Cc1ccc(NC(=O)c2ccc(CN3CCN(CCCCCCOCCOCC(=O)NC4=C5C(=O)N(C6CCC(=O)NC6=O)C(=O)C5CCC4)CC3)cc2)cc1Nc1nccc(-c2ccccc2)n1. The second-order valence-electron chi connectivity index (χ2n) is 18.0. The molecular formula is C52H61N9O8. The van der Waals surface area contributed by atoms with Crippen molar-refractivity contribution in [1.82, 2.24) is 35.3 Å². The molecule has 1 aliphatic carbocycles. The van der Waals surface area contributed by atoms with Gasteiger partial charge in [0.05, 0.1) is 24.8 Å². The number of unbranched alkanes of at least 4 members (excludes halogenated alkanes) is 3. The number of rotatable bonds is 21. The van der Waals surface area contributed by atoms with E-state index in [1.807, 2.05) is 85.8 Å². The molecule has 4 N–H and O–H groups in total. The third-order valence-corrected chi connectivity index (χ3v) is 13.1. The van der Waals surface area contributed by atoms with E-state index in [0.717, 1.165) is 92.4 Å². The van der Waals surface area contributed by atoms with Crippen LogP contribution in [-0.2, 0) is 40.0 Å². The fourth-order valence-corrected chi connectivity index (χ4v) is 9.27. The van der Waals surface area contributed by atoms with E-state index in [4.69, 9.17) is 9.47 Å². The molecule has 3 saturated heterocycles. The van der Waals surface area contributed by atoms with Gasteiger partial charge in [-0.1, -0.05) is 61.4 Å². The van der Waals surface area contributed by atoms with Gasteiger partial charge in [0.1, 0.15) is 12.6 Å². The number of aryl methyl sites for hydroxylation is 1. The lowest BCUT2D eigenvalue weighted by Crippen LogP contribution is -2.54. The number of carbonyl (C=O) groups is 6. The molecule has 3 aliphatic heterocycles. The number of anilines is 3. The zero-order chi connectivity index (χ0) is 48.1. The van der Waals surface area contributed by atoms with Gasteiger partial charge in [-0.05, 0) is 93.5 Å². The summed E-state index contributed by atoms with van der Waals surface area (Å²) in [5.41, 5.74) is 6.72. The quantitative estimate of drug-likeness (QED) is 0.0603. The molecule has 3 aromatic carbocycles. The van der Waals surface area contributed by atoms with E-state index in [1.54, 1.807) is 6.20 Å². The molecule has 6 amide bonds. The number of hydrogen-bond donors (Lipinski definition) is 4. The van der Waals surface area contributed by atoms with Crippen molar-refractivity contribution in [2.75, 3.05) is 69.8 Å². The van der Waals surface area contributed by atoms with Gasteiger partial charge in [-0.25, -0.2) is 9.97 Å². The average Bonchev–Trinajstić information content (AvgIpc) is 3.61. The smallest absolute Gasteiger partial charge is 0.259 e. The normalized spacial score (nSPS) is 18.8. The molecule has 3 fully saturated rings. The van der Waals surface area contributed by atoms with Crippen molar-refractivity contribution >= 4 is 52.8 Å². The Hall–Kier alpha value is -6.66. The van der Waals surface area contributed by atoms with Crippen LogP contribution in [0.4, 0.5) is 17.3 Å². The fraction of sp³-hybridized carbons (Fsp3) is 0.423. The maximum absolute atomic E-state index is 13.3. The number of nitrogens with one attached hydrogen (secondary N) is 4. The summed E-state index contributed by atoms with van der Waals surface area (Å²) in [4.78, 5) is 91.5. The number of amides is 6. The molecule has 2 atom stereocenters. The van der Waals surface area contributed by atoms with Gasteiger partial charge in [0.2, 0.25) is 29.6 Å². The molecule has 362 valence electrons. The Morgan fingerprint density at radius 1 is 0.797 bits per heavy atom. The number of nitrogens with zero attached hydrogens (tertiary/aromatic N) is 5. The predicted molar refractivity (Wildman–Crippen MR) is 259 cm³/mol. The number of ether oxygens (including phenoxy) is 2. The topological polar surface area (TPSA) is 204 Å². The highest BCUT2D eigenvalue weighted by atomic mass is 16.5. The Morgan fingerprint density at radius 2 is 1.57 bits per heavy atom. The molecule has 17 heteroatoms. The van der Waals surface area contributed by atoms with Crippen LogP contribution in [0.5, 0.6) is 0 Å². The summed E-state index contributed by atoms with van der Waals surface area (Å²) in [6, 6.07) is 24.4. The van der Waals surface area contributed by atoms with E-state index < -0.39 is 41.5 Å². The third-order valence-electron chi connectivity index (χ3n) is 13.1. The van der Waals surface area contributed by atoms with Crippen molar-refractivity contribution in [3.63, 3.8) is 0 Å². The van der Waals surface area contributed by atoms with E-state index in [2.05, 4.69) is 41.0 Å². The standard InChI is InChI=1S/C52H61N9O8/c1-35-14-19-39(32-43(35)57-52-53-23-22-41(56-52)37-10-5-4-6-11-37)54-48(64)38-17-15-36(16-18-38)33-60-27-25-59(26-28-60)24-7-2-3-8-29-68-30-31-69-34-46(63)55-42-13-9-12-40-47(42)51(67)61(50(40)66)44-20-21-45(62)58-49(44)65/h4-6,10-11,14-19,22-23,32,40,44H,2-3,7-9,12-13,20-21,24-31,33-34H2,1H3,(H,54,64)(H,55,63)(H,53,56,57)(H,58,62,65). The molecule has 0 spiro atoms. The third kappa shape index (κ3) is 12.9. The summed E-state index contributed by atoms with van der Waals surface area (Å²) < 4.78 is 11.2. The summed E-state index contributed by atoms with van der Waals surface area (Å²) in [7, 11) is 0. The second-order valence-corrected chi connectivity index (χ2v) is 18.0. The average molecular weight is 940 g/mol. The van der Waals surface area contributed by atoms with Crippen LogP contribution in [-0.4, -0.2) is 125 Å². The molecule has 0 radical (unpaired) electrons. The fourth-order valence-electron chi connectivity index (χ4n) is 9.27. The maximum Gasteiger partial charge on any atom is 0.259 e. The van der Waals surface area contributed by atoms with E-state index in [0.29, 0.717) is 55.4 Å². The first-order valence-corrected chi connectivity index (χ1v) is 24.1. The maximum atomic E-state index is 13.3. The molecule has 17 nitrogen and oxygen atoms in total. The first kappa shape index (κ1) is 48.8. The van der Waals surface area contributed by atoms with Crippen molar-refractivity contribution in [2.45, 2.75) is 77.3 Å². The van der Waals surface area contributed by atoms with E-state index in [1.165, 1.54) is 5.56 Å². The van der Waals surface area contributed by atoms with Crippen LogP contribution in [0.3, 0.4) is 0 Å². The Bertz CT molecular complexity index is 2530. The Morgan fingerprint density at radius 3 is 2.36 bits per heavy atom. The summed E-state index contributed by atoms with van der Waals surface area (Å²) in [5, 5.41) is 11.3. The van der Waals surface area contributed by atoms with Crippen LogP contribution < -0.4 is 21.3 Å². The Kier molecular flexibility index (Phi) is 16.7. The van der Waals surface area contributed by atoms with Gasteiger partial charge in [0.25, 0.3) is 11.8 Å². The minimum atomic E-state index is -1.03. The van der Waals surface area contributed by atoms with E-state index >= 15 is 0 Å². The molecule has 2 unspecified atom stereocenters. The lowest BCUT2D eigenvalue weighted by molar-refractivity contribution is -0.150. The van der Waals surface area contributed by atoms with Gasteiger partial charge >= 0.3 is 0 Å². The number of piperidine rings is 1. The highest BCUT2D eigenvalue weighted by Gasteiger charge is 2.51. The zero-order valence-electron chi connectivity index (χ0n) is 39.2. The summed E-state index contributed by atoms with van der Waals surface area (Å²) in [6.07, 6.45) is 7.65. The number of carbonyl (C=O) groups excluding carboxylic acids is 6. The molecule has 4 aromatic rings. The summed E-state index contributed by atoms with van der Waals surface area (Å²) in [6.45, 7) is 8.96. The number of aromatic nitrogens is 2. The molecule has 1 aromatic heterocycles. The van der Waals surface area contributed by atoms with Crippen molar-refractivity contribution in [1.29, 1.82) is 0 Å². The van der Waals surface area contributed by atoms with Crippen LogP contribution in [0.2, 0.25) is 0 Å². The van der Waals surface area contributed by atoms with Gasteiger partial charge in [-0.2, -0.15) is 0 Å². The van der Waals surface area contributed by atoms with Crippen LogP contribution in [0.15, 0.2) is 96.3 Å². The van der Waals surface area contributed by atoms with Crippen LogP contribution in [0.25, 0.3) is 11.3 Å².